The number of anilines is 1. The second-order valence-electron chi connectivity index (χ2n) is 6.96. The summed E-state index contributed by atoms with van der Waals surface area (Å²) in [7, 11) is 0. The first-order valence-corrected chi connectivity index (χ1v) is 9.76. The van der Waals surface area contributed by atoms with Gasteiger partial charge in [-0.1, -0.05) is 28.9 Å². The number of hydrogen-bond acceptors (Lipinski definition) is 5. The number of rotatable bonds is 3. The third kappa shape index (κ3) is 3.45. The molecular weight excluding hydrogens is 390 g/mol. The van der Waals surface area contributed by atoms with E-state index in [9.17, 15) is 4.79 Å². The summed E-state index contributed by atoms with van der Waals surface area (Å²) in [6.07, 6.45) is 1.88. The maximum atomic E-state index is 12.8. The molecule has 1 aliphatic heterocycles. The molecule has 0 spiro atoms. The summed E-state index contributed by atoms with van der Waals surface area (Å²) in [4.78, 5) is 24.2. The monoisotopic (exact) mass is 407 g/mol. The van der Waals surface area contributed by atoms with Crippen molar-refractivity contribution in [1.82, 2.24) is 20.0 Å². The molecule has 0 bridgehead atoms. The number of H-pyrrole nitrogens is 1. The summed E-state index contributed by atoms with van der Waals surface area (Å²) in [6, 6.07) is 15.6. The van der Waals surface area contributed by atoms with Crippen LogP contribution in [0.3, 0.4) is 0 Å². The molecule has 2 aromatic heterocycles. The largest absolute Gasteiger partial charge is 0.368 e. The minimum Gasteiger partial charge on any atom is -0.368 e. The zero-order valence-corrected chi connectivity index (χ0v) is 16.3. The van der Waals surface area contributed by atoms with E-state index in [1.54, 1.807) is 4.90 Å². The number of carbonyl (C=O) groups is 1. The van der Waals surface area contributed by atoms with Crippen LogP contribution in [-0.4, -0.2) is 52.1 Å². The number of halogens is 1. The van der Waals surface area contributed by atoms with Gasteiger partial charge in [-0.25, -0.2) is 0 Å². The summed E-state index contributed by atoms with van der Waals surface area (Å²) in [5, 5.41) is 5.81. The molecule has 1 N–H and O–H groups in total. The van der Waals surface area contributed by atoms with Gasteiger partial charge >= 0.3 is 11.8 Å². The fourth-order valence-electron chi connectivity index (χ4n) is 3.57. The van der Waals surface area contributed by atoms with E-state index in [0.717, 1.165) is 35.2 Å². The highest BCUT2D eigenvalue weighted by molar-refractivity contribution is 6.30. The summed E-state index contributed by atoms with van der Waals surface area (Å²) < 4.78 is 5.26. The minimum absolute atomic E-state index is 0.0199. The Kier molecular flexibility index (Phi) is 4.44. The summed E-state index contributed by atoms with van der Waals surface area (Å²) in [5.41, 5.74) is 2.88. The Bertz CT molecular complexity index is 1160. The van der Waals surface area contributed by atoms with Crippen molar-refractivity contribution in [1.29, 1.82) is 0 Å². The number of nitrogens with one attached hydrogen (secondary N) is 1. The van der Waals surface area contributed by atoms with Gasteiger partial charge in [-0.15, -0.1) is 0 Å². The SMILES string of the molecule is O=C(c1nc(-c2ccc3cc[nH]c3c2)no1)N1CCN(c2ccc(Cl)cc2)CC1. The number of piperazine rings is 1. The first kappa shape index (κ1) is 17.8. The van der Waals surface area contributed by atoms with Gasteiger partial charge < -0.3 is 19.3 Å². The van der Waals surface area contributed by atoms with E-state index >= 15 is 0 Å². The second-order valence-corrected chi connectivity index (χ2v) is 7.39. The number of aromatic amines is 1. The van der Waals surface area contributed by atoms with Crippen LogP contribution in [0.2, 0.25) is 5.02 Å². The third-order valence-electron chi connectivity index (χ3n) is 5.18. The molecule has 0 radical (unpaired) electrons. The van der Waals surface area contributed by atoms with E-state index in [-0.39, 0.29) is 11.8 Å². The molecule has 4 aromatic rings. The number of aromatic nitrogens is 3. The van der Waals surface area contributed by atoms with Gasteiger partial charge in [-0.2, -0.15) is 4.98 Å². The third-order valence-corrected chi connectivity index (χ3v) is 5.43. The van der Waals surface area contributed by atoms with Gasteiger partial charge in [0.25, 0.3) is 0 Å². The topological polar surface area (TPSA) is 78.3 Å². The smallest absolute Gasteiger partial charge is 0.316 e. The van der Waals surface area contributed by atoms with Gasteiger partial charge in [0.2, 0.25) is 5.82 Å². The molecule has 8 heteroatoms. The standard InChI is InChI=1S/C21H18ClN5O2/c22-16-3-5-17(6-4-16)26-9-11-27(12-10-26)21(28)20-24-19(25-29-20)15-2-1-14-7-8-23-18(14)13-15/h1-8,13,23H,9-12H2. The Balaban J connectivity index is 1.27. The molecule has 1 saturated heterocycles. The summed E-state index contributed by atoms with van der Waals surface area (Å²) in [6.45, 7) is 2.65. The molecule has 146 valence electrons. The van der Waals surface area contributed by atoms with Crippen molar-refractivity contribution >= 4 is 34.1 Å². The molecule has 0 atom stereocenters. The Labute approximate surface area is 171 Å². The average molecular weight is 408 g/mol. The van der Waals surface area contributed by atoms with Crippen molar-refractivity contribution in [3.05, 3.63) is 65.6 Å². The number of nitrogens with zero attached hydrogens (tertiary/aromatic N) is 4. The Morgan fingerprint density at radius 1 is 1.03 bits per heavy atom. The lowest BCUT2D eigenvalue weighted by atomic mass is 10.1. The Morgan fingerprint density at radius 2 is 1.83 bits per heavy atom. The number of carbonyl (C=O) groups excluding carboxylic acids is 1. The van der Waals surface area contributed by atoms with Gasteiger partial charge in [-0.05, 0) is 41.8 Å². The lowest BCUT2D eigenvalue weighted by molar-refractivity contribution is 0.0696. The van der Waals surface area contributed by atoms with E-state index in [4.69, 9.17) is 16.1 Å². The van der Waals surface area contributed by atoms with E-state index < -0.39 is 0 Å². The summed E-state index contributed by atoms with van der Waals surface area (Å²) >= 11 is 5.96. The molecule has 0 aliphatic carbocycles. The normalized spacial score (nSPS) is 14.5. The highest BCUT2D eigenvalue weighted by atomic mass is 35.5. The number of fused-ring (bicyclic) bond motifs is 1. The quantitative estimate of drug-likeness (QED) is 0.558. The predicted molar refractivity (Wildman–Crippen MR) is 111 cm³/mol. The van der Waals surface area contributed by atoms with Crippen molar-refractivity contribution in [2.45, 2.75) is 0 Å². The highest BCUT2D eigenvalue weighted by Crippen LogP contribution is 2.23. The molecule has 1 amide bonds. The number of benzene rings is 2. The molecule has 2 aromatic carbocycles. The van der Waals surface area contributed by atoms with Crippen LogP contribution in [0.25, 0.3) is 22.3 Å². The minimum atomic E-state index is -0.236. The number of hydrogen-bond donors (Lipinski definition) is 1. The van der Waals surface area contributed by atoms with Crippen LogP contribution in [0.1, 0.15) is 10.7 Å². The molecule has 3 heterocycles. The average Bonchev–Trinajstić information content (AvgIpc) is 3.43. The van der Waals surface area contributed by atoms with Crippen LogP contribution < -0.4 is 4.90 Å². The fraction of sp³-hybridized carbons (Fsp3) is 0.190. The lowest BCUT2D eigenvalue weighted by Gasteiger charge is -2.35. The summed E-state index contributed by atoms with van der Waals surface area (Å²) in [5.74, 6) is 0.191. The van der Waals surface area contributed by atoms with Crippen LogP contribution in [0.5, 0.6) is 0 Å². The van der Waals surface area contributed by atoms with E-state index in [1.165, 1.54) is 0 Å². The first-order valence-electron chi connectivity index (χ1n) is 9.38. The van der Waals surface area contributed by atoms with Gasteiger partial charge in [0.05, 0.1) is 0 Å². The molecule has 5 rings (SSSR count). The van der Waals surface area contributed by atoms with E-state index in [1.807, 2.05) is 54.7 Å². The van der Waals surface area contributed by atoms with Gasteiger partial charge in [0.15, 0.2) is 0 Å². The van der Waals surface area contributed by atoms with Crippen LogP contribution >= 0.6 is 11.6 Å². The van der Waals surface area contributed by atoms with Crippen LogP contribution in [0, 0.1) is 0 Å². The number of amides is 1. The molecule has 29 heavy (non-hydrogen) atoms. The second kappa shape index (κ2) is 7.25. The lowest BCUT2D eigenvalue weighted by Crippen LogP contribution is -2.48. The maximum absolute atomic E-state index is 12.8. The van der Waals surface area contributed by atoms with Crippen molar-refractivity contribution in [2.75, 3.05) is 31.1 Å². The fourth-order valence-corrected chi connectivity index (χ4v) is 3.70. The highest BCUT2D eigenvalue weighted by Gasteiger charge is 2.26. The van der Waals surface area contributed by atoms with Crippen molar-refractivity contribution in [3.63, 3.8) is 0 Å². The molecule has 1 aliphatic rings. The molecule has 7 nitrogen and oxygen atoms in total. The zero-order chi connectivity index (χ0) is 19.8. The molecule has 1 fully saturated rings. The maximum Gasteiger partial charge on any atom is 0.316 e. The van der Waals surface area contributed by atoms with Gasteiger partial charge in [0.1, 0.15) is 0 Å². The zero-order valence-electron chi connectivity index (χ0n) is 15.5. The Hall–Kier alpha value is -3.32. The van der Waals surface area contributed by atoms with Crippen molar-refractivity contribution in [2.24, 2.45) is 0 Å². The van der Waals surface area contributed by atoms with Crippen LogP contribution in [0.15, 0.2) is 59.3 Å². The van der Waals surface area contributed by atoms with E-state index in [2.05, 4.69) is 20.0 Å². The molecule has 0 unspecified atom stereocenters. The van der Waals surface area contributed by atoms with E-state index in [0.29, 0.717) is 23.9 Å². The van der Waals surface area contributed by atoms with Crippen molar-refractivity contribution < 1.29 is 9.32 Å². The van der Waals surface area contributed by atoms with Gasteiger partial charge in [0, 0.05) is 54.2 Å². The first-order chi connectivity index (χ1) is 14.2. The van der Waals surface area contributed by atoms with Crippen LogP contribution in [-0.2, 0) is 0 Å². The predicted octanol–water partition coefficient (Wildman–Crippen LogP) is 3.83. The van der Waals surface area contributed by atoms with Crippen molar-refractivity contribution in [3.8, 4) is 11.4 Å². The molecular formula is C21H18ClN5O2. The molecule has 0 saturated carbocycles. The van der Waals surface area contributed by atoms with Crippen LogP contribution in [0.4, 0.5) is 5.69 Å². The van der Waals surface area contributed by atoms with Gasteiger partial charge in [-0.3, -0.25) is 4.79 Å². The Morgan fingerprint density at radius 3 is 2.62 bits per heavy atom.